The number of nitrogens with one attached hydrogen (secondary N) is 1. The van der Waals surface area contributed by atoms with E-state index in [-0.39, 0.29) is 21.5 Å². The number of hydrogen-bond donors (Lipinski definition) is 1. The Morgan fingerprint density at radius 2 is 1.92 bits per heavy atom. The van der Waals surface area contributed by atoms with E-state index < -0.39 is 10.0 Å². The number of carbonyl (C=O) groups excluding carboxylic acids is 2. The van der Waals surface area contributed by atoms with Crippen LogP contribution in [-0.4, -0.2) is 30.1 Å². The Hall–Kier alpha value is -2.19. The molecule has 136 valence electrons. The third-order valence-corrected chi connectivity index (χ3v) is 6.23. The minimum atomic E-state index is -3.74. The molecule has 0 radical (unpaired) electrons. The SMILES string of the molecule is CC(=O)SCC(=O)c1ccc(NS(=O)(=O)c2cnc3c(c2)CCC3)cc1. The van der Waals surface area contributed by atoms with Crippen molar-refractivity contribution in [1.82, 2.24) is 4.98 Å². The van der Waals surface area contributed by atoms with Gasteiger partial charge in [0.2, 0.25) is 0 Å². The molecule has 26 heavy (non-hydrogen) atoms. The summed E-state index contributed by atoms with van der Waals surface area (Å²) in [5.41, 5.74) is 2.74. The van der Waals surface area contributed by atoms with Crippen LogP contribution >= 0.6 is 11.8 Å². The smallest absolute Gasteiger partial charge is 0.263 e. The van der Waals surface area contributed by atoms with Crippen LogP contribution in [0.15, 0.2) is 41.4 Å². The van der Waals surface area contributed by atoms with Crippen LogP contribution in [-0.2, 0) is 27.7 Å². The topological polar surface area (TPSA) is 93.2 Å². The number of thioether (sulfide) groups is 1. The summed E-state index contributed by atoms with van der Waals surface area (Å²) in [6.07, 6.45) is 4.11. The number of pyridine rings is 1. The van der Waals surface area contributed by atoms with Crippen molar-refractivity contribution in [3.63, 3.8) is 0 Å². The fourth-order valence-corrected chi connectivity index (χ4v) is 4.29. The van der Waals surface area contributed by atoms with Gasteiger partial charge in [-0.05, 0) is 55.2 Å². The van der Waals surface area contributed by atoms with Crippen molar-refractivity contribution in [3.8, 4) is 0 Å². The number of Topliss-reactive ketones (excluding diaryl/α,β-unsaturated/α-hetero) is 1. The van der Waals surface area contributed by atoms with Crippen molar-refractivity contribution >= 4 is 38.4 Å². The molecule has 0 fully saturated rings. The molecule has 3 rings (SSSR count). The molecule has 0 atom stereocenters. The van der Waals surface area contributed by atoms with Crippen LogP contribution in [0.4, 0.5) is 5.69 Å². The van der Waals surface area contributed by atoms with Crippen molar-refractivity contribution in [1.29, 1.82) is 0 Å². The van der Waals surface area contributed by atoms with Crippen molar-refractivity contribution < 1.29 is 18.0 Å². The van der Waals surface area contributed by atoms with Crippen LogP contribution in [0.2, 0.25) is 0 Å². The Bertz CT molecular complexity index is 954. The number of fused-ring (bicyclic) bond motifs is 1. The number of ketones is 1. The molecule has 2 aromatic rings. The molecule has 0 saturated carbocycles. The Kier molecular flexibility index (Phi) is 5.43. The summed E-state index contributed by atoms with van der Waals surface area (Å²) in [5, 5.41) is -0.120. The highest BCUT2D eigenvalue weighted by atomic mass is 32.2. The Labute approximate surface area is 156 Å². The third-order valence-electron chi connectivity index (χ3n) is 4.07. The summed E-state index contributed by atoms with van der Waals surface area (Å²) in [4.78, 5) is 27.3. The van der Waals surface area contributed by atoms with Gasteiger partial charge in [-0.15, -0.1) is 0 Å². The second kappa shape index (κ2) is 7.59. The van der Waals surface area contributed by atoms with Crippen molar-refractivity contribution in [2.24, 2.45) is 0 Å². The number of nitrogens with zero attached hydrogens (tertiary/aromatic N) is 1. The number of sulfonamides is 1. The molecule has 0 amide bonds. The van der Waals surface area contributed by atoms with Crippen LogP contribution in [0.3, 0.4) is 0 Å². The molecule has 0 spiro atoms. The summed E-state index contributed by atoms with van der Waals surface area (Å²) in [6, 6.07) is 7.83. The molecular weight excluding hydrogens is 372 g/mol. The number of hydrogen-bond acceptors (Lipinski definition) is 6. The molecule has 1 aromatic heterocycles. The predicted octanol–water partition coefficient (Wildman–Crippen LogP) is 2.83. The van der Waals surface area contributed by atoms with E-state index in [2.05, 4.69) is 9.71 Å². The zero-order valence-corrected chi connectivity index (χ0v) is 15.8. The lowest BCUT2D eigenvalue weighted by atomic mass is 10.1. The molecule has 8 heteroatoms. The van der Waals surface area contributed by atoms with Crippen LogP contribution in [0.25, 0.3) is 0 Å². The second-order valence-corrected chi connectivity index (χ2v) is 8.85. The fourth-order valence-electron chi connectivity index (χ4n) is 2.74. The van der Waals surface area contributed by atoms with E-state index in [0.717, 1.165) is 42.3 Å². The monoisotopic (exact) mass is 390 g/mol. The van der Waals surface area contributed by atoms with Gasteiger partial charge in [0.1, 0.15) is 4.90 Å². The molecule has 1 heterocycles. The summed E-state index contributed by atoms with van der Waals surface area (Å²) in [6.45, 7) is 1.41. The average Bonchev–Trinajstić information content (AvgIpc) is 3.07. The van der Waals surface area contributed by atoms with Gasteiger partial charge >= 0.3 is 0 Å². The number of aryl methyl sites for hydroxylation is 2. The van der Waals surface area contributed by atoms with Crippen LogP contribution in [0.5, 0.6) is 0 Å². The Morgan fingerprint density at radius 3 is 2.62 bits per heavy atom. The van der Waals surface area contributed by atoms with Gasteiger partial charge in [0.05, 0.1) is 5.75 Å². The summed E-state index contributed by atoms with van der Waals surface area (Å²) >= 11 is 0.948. The molecule has 0 saturated heterocycles. The van der Waals surface area contributed by atoms with Gasteiger partial charge in [0, 0.05) is 30.1 Å². The predicted molar refractivity (Wildman–Crippen MR) is 101 cm³/mol. The van der Waals surface area contributed by atoms with E-state index in [9.17, 15) is 18.0 Å². The van der Waals surface area contributed by atoms with Crippen molar-refractivity contribution in [2.75, 3.05) is 10.5 Å². The maximum atomic E-state index is 12.5. The first kappa shape index (κ1) is 18.6. The highest BCUT2D eigenvalue weighted by Crippen LogP contribution is 2.24. The minimum Gasteiger partial charge on any atom is -0.293 e. The van der Waals surface area contributed by atoms with E-state index in [1.54, 1.807) is 18.2 Å². The van der Waals surface area contributed by atoms with E-state index in [1.165, 1.54) is 25.3 Å². The molecule has 1 aliphatic rings. The van der Waals surface area contributed by atoms with Crippen molar-refractivity contribution in [3.05, 3.63) is 53.3 Å². The second-order valence-electron chi connectivity index (χ2n) is 6.02. The van der Waals surface area contributed by atoms with E-state index in [4.69, 9.17) is 0 Å². The number of anilines is 1. The van der Waals surface area contributed by atoms with Crippen LogP contribution < -0.4 is 4.72 Å². The highest BCUT2D eigenvalue weighted by molar-refractivity contribution is 8.14. The molecule has 0 unspecified atom stereocenters. The first-order valence-electron chi connectivity index (χ1n) is 8.12. The molecule has 1 N–H and O–H groups in total. The lowest BCUT2D eigenvalue weighted by Gasteiger charge is -2.09. The highest BCUT2D eigenvalue weighted by Gasteiger charge is 2.20. The lowest BCUT2D eigenvalue weighted by Crippen LogP contribution is -2.14. The number of aromatic nitrogens is 1. The zero-order valence-electron chi connectivity index (χ0n) is 14.2. The summed E-state index contributed by atoms with van der Waals surface area (Å²) < 4.78 is 27.6. The normalized spacial score (nSPS) is 13.3. The van der Waals surface area contributed by atoms with Gasteiger partial charge in [-0.3, -0.25) is 19.3 Å². The summed E-state index contributed by atoms with van der Waals surface area (Å²) in [7, 11) is -3.74. The van der Waals surface area contributed by atoms with Crippen molar-refractivity contribution in [2.45, 2.75) is 31.1 Å². The maximum absolute atomic E-state index is 12.5. The largest absolute Gasteiger partial charge is 0.293 e. The molecule has 6 nitrogen and oxygen atoms in total. The molecule has 1 aromatic carbocycles. The lowest BCUT2D eigenvalue weighted by molar-refractivity contribution is -0.109. The zero-order chi connectivity index (χ0) is 18.7. The van der Waals surface area contributed by atoms with E-state index >= 15 is 0 Å². The number of carbonyl (C=O) groups is 2. The molecule has 0 bridgehead atoms. The third kappa shape index (κ3) is 4.31. The number of benzene rings is 1. The van der Waals surface area contributed by atoms with Crippen LogP contribution in [0, 0.1) is 0 Å². The molecular formula is C18H18N2O4S2. The maximum Gasteiger partial charge on any atom is 0.263 e. The van der Waals surface area contributed by atoms with Gasteiger partial charge in [0.15, 0.2) is 10.9 Å². The van der Waals surface area contributed by atoms with E-state index in [0.29, 0.717) is 11.3 Å². The van der Waals surface area contributed by atoms with Crippen LogP contribution in [0.1, 0.15) is 35.0 Å². The molecule has 0 aliphatic heterocycles. The quantitative estimate of drug-likeness (QED) is 0.763. The van der Waals surface area contributed by atoms with E-state index in [1.807, 2.05) is 0 Å². The number of rotatable bonds is 6. The summed E-state index contributed by atoms with van der Waals surface area (Å²) in [5.74, 6) is -0.108. The minimum absolute atomic E-state index is 0.0706. The standard InChI is InChI=1S/C18H18N2O4S2/c1-12(21)25-11-18(22)13-5-7-15(8-6-13)20-26(23,24)16-9-14-3-2-4-17(14)19-10-16/h5-10,20H,2-4,11H2,1H3. The fraction of sp³-hybridized carbons (Fsp3) is 0.278. The van der Waals surface area contributed by atoms with Gasteiger partial charge in [-0.25, -0.2) is 8.42 Å². The molecule has 1 aliphatic carbocycles. The van der Waals surface area contributed by atoms with Gasteiger partial charge in [0.25, 0.3) is 10.0 Å². The Morgan fingerprint density at radius 1 is 1.19 bits per heavy atom. The van der Waals surface area contributed by atoms with Gasteiger partial charge in [-0.1, -0.05) is 11.8 Å². The first-order chi connectivity index (χ1) is 12.3. The first-order valence-corrected chi connectivity index (χ1v) is 10.6. The average molecular weight is 390 g/mol. The Balaban J connectivity index is 1.72. The van der Waals surface area contributed by atoms with Gasteiger partial charge < -0.3 is 0 Å². The van der Waals surface area contributed by atoms with Gasteiger partial charge in [-0.2, -0.15) is 0 Å².